The molecule has 0 bridgehead atoms. The average molecular weight is 615 g/mol. The Bertz CT molecular complexity index is 1260. The Morgan fingerprint density at radius 2 is 1.52 bits per heavy atom. The van der Waals surface area contributed by atoms with Crippen LogP contribution < -0.4 is 4.90 Å². The SMILES string of the molecule is CCCOC(=O)N1c2ccccc2[C@](N(Cc2cc(C(F)(F)F)cc(C(F)(F)F)c2)C(=O)OC)(C(F)(F)F)C[C@H]1CC. The van der Waals surface area contributed by atoms with Gasteiger partial charge in [-0.1, -0.05) is 32.0 Å². The van der Waals surface area contributed by atoms with Crippen molar-refractivity contribution in [1.82, 2.24) is 4.90 Å². The first-order chi connectivity index (χ1) is 19.4. The number of benzene rings is 2. The minimum atomic E-state index is -5.35. The highest BCUT2D eigenvalue weighted by atomic mass is 19.4. The molecule has 2 aromatic rings. The van der Waals surface area contributed by atoms with E-state index in [2.05, 4.69) is 4.74 Å². The van der Waals surface area contributed by atoms with E-state index >= 15 is 13.2 Å². The summed E-state index contributed by atoms with van der Waals surface area (Å²) in [7, 11) is 0.729. The molecule has 2 aromatic carbocycles. The lowest BCUT2D eigenvalue weighted by molar-refractivity contribution is -0.238. The highest BCUT2D eigenvalue weighted by molar-refractivity contribution is 5.91. The molecular formula is C27H27F9N2O4. The highest BCUT2D eigenvalue weighted by Crippen LogP contribution is 2.55. The zero-order valence-electron chi connectivity index (χ0n) is 22.6. The van der Waals surface area contributed by atoms with Crippen LogP contribution in [-0.4, -0.2) is 43.0 Å². The molecule has 6 nitrogen and oxygen atoms in total. The monoisotopic (exact) mass is 614 g/mol. The average Bonchev–Trinajstić information content (AvgIpc) is 2.91. The van der Waals surface area contributed by atoms with Crippen LogP contribution in [0.3, 0.4) is 0 Å². The predicted octanol–water partition coefficient (Wildman–Crippen LogP) is 8.29. The molecule has 0 saturated heterocycles. The summed E-state index contributed by atoms with van der Waals surface area (Å²) >= 11 is 0. The van der Waals surface area contributed by atoms with E-state index in [9.17, 15) is 35.9 Å². The van der Waals surface area contributed by atoms with E-state index in [1.807, 2.05) is 0 Å². The summed E-state index contributed by atoms with van der Waals surface area (Å²) in [5, 5.41) is 0. The number of anilines is 1. The van der Waals surface area contributed by atoms with Crippen LogP contribution in [0.25, 0.3) is 0 Å². The summed E-state index contributed by atoms with van der Waals surface area (Å²) in [6.45, 7) is 1.80. The van der Waals surface area contributed by atoms with Crippen molar-refractivity contribution in [3.8, 4) is 0 Å². The Labute approximate surface area is 235 Å². The number of rotatable bonds is 6. The van der Waals surface area contributed by atoms with Gasteiger partial charge in [-0.15, -0.1) is 0 Å². The molecule has 2 amide bonds. The van der Waals surface area contributed by atoms with Gasteiger partial charge in [0.25, 0.3) is 0 Å². The number of carbonyl (C=O) groups is 2. The quantitative estimate of drug-likeness (QED) is 0.308. The second kappa shape index (κ2) is 11.9. The van der Waals surface area contributed by atoms with E-state index in [-0.39, 0.29) is 41.8 Å². The minimum Gasteiger partial charge on any atom is -0.453 e. The van der Waals surface area contributed by atoms with Gasteiger partial charge >= 0.3 is 30.7 Å². The number of carbonyl (C=O) groups excluding carboxylic acids is 2. The third kappa shape index (κ3) is 6.24. The molecule has 3 rings (SSSR count). The zero-order chi connectivity index (χ0) is 31.7. The van der Waals surface area contributed by atoms with Crippen LogP contribution >= 0.6 is 0 Å². The third-order valence-electron chi connectivity index (χ3n) is 6.92. The maximum absolute atomic E-state index is 15.4. The van der Waals surface area contributed by atoms with Crippen molar-refractivity contribution in [2.24, 2.45) is 0 Å². The maximum Gasteiger partial charge on any atom is 0.416 e. The molecule has 0 unspecified atom stereocenters. The van der Waals surface area contributed by atoms with Gasteiger partial charge in [0.05, 0.1) is 37.1 Å². The normalized spacial score (nSPS) is 19.2. The predicted molar refractivity (Wildman–Crippen MR) is 131 cm³/mol. The van der Waals surface area contributed by atoms with Crippen LogP contribution in [0, 0.1) is 0 Å². The van der Waals surface area contributed by atoms with Crippen LogP contribution in [0.1, 0.15) is 55.4 Å². The molecule has 0 fully saturated rings. The maximum atomic E-state index is 15.4. The van der Waals surface area contributed by atoms with Crippen molar-refractivity contribution in [3.05, 3.63) is 64.7 Å². The fourth-order valence-corrected chi connectivity index (χ4v) is 5.04. The Balaban J connectivity index is 2.32. The molecule has 2 atom stereocenters. The summed E-state index contributed by atoms with van der Waals surface area (Å²) in [6, 6.07) is 3.78. The van der Waals surface area contributed by atoms with E-state index in [1.165, 1.54) is 25.1 Å². The van der Waals surface area contributed by atoms with Crippen molar-refractivity contribution in [2.45, 2.75) is 69.8 Å². The lowest BCUT2D eigenvalue weighted by atomic mass is 9.75. The molecule has 15 heteroatoms. The molecule has 1 heterocycles. The number of methoxy groups -OCH3 is 1. The number of nitrogens with zero attached hydrogens (tertiary/aromatic N) is 2. The van der Waals surface area contributed by atoms with E-state index in [0.29, 0.717) is 6.42 Å². The van der Waals surface area contributed by atoms with Gasteiger partial charge in [-0.3, -0.25) is 9.80 Å². The van der Waals surface area contributed by atoms with Crippen molar-refractivity contribution in [3.63, 3.8) is 0 Å². The standard InChI is InChI=1S/C27H27F9N2O4/c1-4-10-42-23(40)38-19(5-2)14-24(27(34,35)36,20-8-6-7-9-21(20)38)37(22(39)41-3)15-16-11-17(25(28,29)30)13-18(12-16)26(31,32)33/h6-9,11-13,19H,4-5,10,14-15H2,1-3H3/t19-,24+/m1/s1. The van der Waals surface area contributed by atoms with E-state index in [0.717, 1.165) is 18.1 Å². The first-order valence-electron chi connectivity index (χ1n) is 12.7. The van der Waals surface area contributed by atoms with Gasteiger partial charge in [0.2, 0.25) is 0 Å². The first-order valence-corrected chi connectivity index (χ1v) is 12.7. The molecule has 0 spiro atoms. The summed E-state index contributed by atoms with van der Waals surface area (Å²) in [5.74, 6) is 0. The second-order valence-electron chi connectivity index (χ2n) is 9.60. The highest BCUT2D eigenvalue weighted by Gasteiger charge is 2.65. The van der Waals surface area contributed by atoms with Crippen LogP contribution in [0.5, 0.6) is 0 Å². The van der Waals surface area contributed by atoms with Gasteiger partial charge in [0, 0.05) is 18.0 Å². The zero-order valence-corrected chi connectivity index (χ0v) is 22.6. The molecule has 1 aliphatic rings. The van der Waals surface area contributed by atoms with Gasteiger partial charge in [0.1, 0.15) is 0 Å². The molecule has 232 valence electrons. The number of ether oxygens (including phenoxy) is 2. The molecule has 0 aromatic heterocycles. The largest absolute Gasteiger partial charge is 0.453 e. The van der Waals surface area contributed by atoms with Crippen molar-refractivity contribution in [2.75, 3.05) is 18.6 Å². The minimum absolute atomic E-state index is 0.0380. The molecule has 0 N–H and O–H groups in total. The molecule has 0 radical (unpaired) electrons. The van der Waals surface area contributed by atoms with Gasteiger partial charge in [-0.05, 0) is 42.7 Å². The van der Waals surface area contributed by atoms with E-state index in [1.54, 1.807) is 6.92 Å². The topological polar surface area (TPSA) is 59.1 Å². The number of hydrogen-bond acceptors (Lipinski definition) is 4. The Morgan fingerprint density at radius 3 is 2.00 bits per heavy atom. The van der Waals surface area contributed by atoms with Crippen LogP contribution in [0.15, 0.2) is 42.5 Å². The Hall–Kier alpha value is -3.65. The van der Waals surface area contributed by atoms with E-state index in [4.69, 9.17) is 4.74 Å². The fraction of sp³-hybridized carbons (Fsp3) is 0.481. The summed E-state index contributed by atoms with van der Waals surface area (Å²) < 4.78 is 137. The second-order valence-corrected chi connectivity index (χ2v) is 9.60. The Morgan fingerprint density at radius 1 is 0.952 bits per heavy atom. The number of para-hydroxylation sites is 1. The first kappa shape index (κ1) is 32.9. The molecule has 0 aliphatic carbocycles. The molecular weight excluding hydrogens is 587 g/mol. The number of amides is 2. The number of fused-ring (bicyclic) bond motifs is 1. The number of hydrogen-bond donors (Lipinski definition) is 0. The van der Waals surface area contributed by atoms with Crippen LogP contribution in [0.2, 0.25) is 0 Å². The third-order valence-corrected chi connectivity index (χ3v) is 6.92. The van der Waals surface area contributed by atoms with Gasteiger partial charge in [-0.2, -0.15) is 39.5 Å². The van der Waals surface area contributed by atoms with Gasteiger partial charge in [-0.25, -0.2) is 9.59 Å². The summed E-state index contributed by atoms with van der Waals surface area (Å²) in [4.78, 5) is 27.1. The van der Waals surface area contributed by atoms with Gasteiger partial charge in [0.15, 0.2) is 5.54 Å². The lowest BCUT2D eigenvalue weighted by Crippen LogP contribution is -2.64. The fourth-order valence-electron chi connectivity index (χ4n) is 5.04. The lowest BCUT2D eigenvalue weighted by Gasteiger charge is -2.52. The van der Waals surface area contributed by atoms with Crippen molar-refractivity contribution >= 4 is 17.9 Å². The number of halogens is 9. The molecule has 42 heavy (non-hydrogen) atoms. The van der Waals surface area contributed by atoms with Crippen molar-refractivity contribution < 1.29 is 58.6 Å². The van der Waals surface area contributed by atoms with Crippen LogP contribution in [-0.2, 0) is 33.9 Å². The number of alkyl halides is 9. The van der Waals surface area contributed by atoms with Gasteiger partial charge < -0.3 is 9.47 Å². The van der Waals surface area contributed by atoms with Crippen molar-refractivity contribution in [1.29, 1.82) is 0 Å². The van der Waals surface area contributed by atoms with E-state index < -0.39 is 77.5 Å². The molecule has 0 saturated carbocycles. The smallest absolute Gasteiger partial charge is 0.416 e. The van der Waals surface area contributed by atoms with Crippen LogP contribution in [0.4, 0.5) is 54.8 Å². The Kier molecular flexibility index (Phi) is 9.32. The summed E-state index contributed by atoms with van der Waals surface area (Å²) in [6.07, 6.45) is -19.2. The summed E-state index contributed by atoms with van der Waals surface area (Å²) in [5.41, 5.74) is -8.66. The molecule has 1 aliphatic heterocycles.